The van der Waals surface area contributed by atoms with E-state index in [1.54, 1.807) is 27.9 Å². The first-order chi connectivity index (χ1) is 8.70. The van der Waals surface area contributed by atoms with Crippen LogP contribution in [0.25, 0.3) is 5.65 Å². The minimum Gasteiger partial charge on any atom is -0.447 e. The van der Waals surface area contributed by atoms with Gasteiger partial charge in [0, 0.05) is 6.20 Å². The Bertz CT molecular complexity index is 612. The van der Waals surface area contributed by atoms with Crippen molar-refractivity contribution in [3.05, 3.63) is 22.9 Å². The van der Waals surface area contributed by atoms with Crippen LogP contribution in [0.1, 0.15) is 13.3 Å². The lowest BCUT2D eigenvalue weighted by atomic mass is 10.2. The fraction of sp³-hybridized carbons (Fsp3) is 0.364. The molecule has 2 aromatic heterocycles. The summed E-state index contributed by atoms with van der Waals surface area (Å²) in [6.45, 7) is 2.44. The smallest absolute Gasteiger partial charge is 0.415 e. The van der Waals surface area contributed by atoms with Crippen LogP contribution in [0.4, 0.5) is 10.6 Å². The van der Waals surface area contributed by atoms with Crippen molar-refractivity contribution in [1.29, 1.82) is 0 Å². The lowest BCUT2D eigenvalue weighted by Gasteiger charge is -2.18. The standard InChI is InChI=1S/C11H11BrN4O2/c1-2-7-6-18-11(17)16(7)9-3-4-15-10(14-9)8(12)5-13-15/h3-5,7H,2,6H2,1H3. The first-order valence-corrected chi connectivity index (χ1v) is 6.46. The number of nitrogens with zero attached hydrogens (tertiary/aromatic N) is 4. The molecule has 3 heterocycles. The maximum Gasteiger partial charge on any atom is 0.415 e. The zero-order chi connectivity index (χ0) is 12.7. The summed E-state index contributed by atoms with van der Waals surface area (Å²) in [7, 11) is 0. The first kappa shape index (κ1) is 11.5. The molecular formula is C11H11BrN4O2. The highest BCUT2D eigenvalue weighted by molar-refractivity contribution is 9.10. The number of amides is 1. The molecule has 0 bridgehead atoms. The molecule has 1 fully saturated rings. The number of rotatable bonds is 2. The van der Waals surface area contributed by atoms with E-state index in [1.165, 1.54) is 0 Å². The zero-order valence-corrected chi connectivity index (χ0v) is 11.3. The van der Waals surface area contributed by atoms with E-state index in [1.807, 2.05) is 6.92 Å². The van der Waals surface area contributed by atoms with Crippen LogP contribution in [0.2, 0.25) is 0 Å². The van der Waals surface area contributed by atoms with Crippen LogP contribution >= 0.6 is 15.9 Å². The topological polar surface area (TPSA) is 59.7 Å². The largest absolute Gasteiger partial charge is 0.447 e. The lowest BCUT2D eigenvalue weighted by Crippen LogP contribution is -2.33. The van der Waals surface area contributed by atoms with Crippen molar-refractivity contribution in [2.75, 3.05) is 11.5 Å². The van der Waals surface area contributed by atoms with E-state index in [0.717, 1.165) is 10.9 Å². The molecule has 0 aromatic carbocycles. The van der Waals surface area contributed by atoms with Crippen LogP contribution in [0.15, 0.2) is 22.9 Å². The fourth-order valence-corrected chi connectivity index (χ4v) is 2.37. The molecule has 18 heavy (non-hydrogen) atoms. The third-order valence-electron chi connectivity index (χ3n) is 2.99. The second kappa shape index (κ2) is 4.24. The number of ether oxygens (including phenoxy) is 1. The van der Waals surface area contributed by atoms with Crippen molar-refractivity contribution in [3.63, 3.8) is 0 Å². The number of hydrogen-bond donors (Lipinski definition) is 0. The maximum absolute atomic E-state index is 11.7. The second-order valence-electron chi connectivity index (χ2n) is 4.06. The molecule has 2 aromatic rings. The van der Waals surface area contributed by atoms with Crippen LogP contribution < -0.4 is 4.90 Å². The van der Waals surface area contributed by atoms with Crippen molar-refractivity contribution < 1.29 is 9.53 Å². The number of cyclic esters (lactones) is 1. The lowest BCUT2D eigenvalue weighted by molar-refractivity contribution is 0.178. The highest BCUT2D eigenvalue weighted by Gasteiger charge is 2.34. The highest BCUT2D eigenvalue weighted by atomic mass is 79.9. The van der Waals surface area contributed by atoms with Gasteiger partial charge < -0.3 is 4.74 Å². The van der Waals surface area contributed by atoms with Crippen LogP contribution in [0, 0.1) is 0 Å². The SMILES string of the molecule is CCC1COC(=O)N1c1ccn2ncc(Br)c2n1. The summed E-state index contributed by atoms with van der Waals surface area (Å²) in [5.74, 6) is 0.595. The van der Waals surface area contributed by atoms with Crippen LogP contribution in [0.3, 0.4) is 0 Å². The molecular weight excluding hydrogens is 300 g/mol. The highest BCUT2D eigenvalue weighted by Crippen LogP contribution is 2.25. The van der Waals surface area contributed by atoms with Gasteiger partial charge in [0.1, 0.15) is 12.4 Å². The molecule has 0 saturated carbocycles. The van der Waals surface area contributed by atoms with Gasteiger partial charge in [0.2, 0.25) is 0 Å². The number of hydrogen-bond acceptors (Lipinski definition) is 4. The molecule has 0 radical (unpaired) electrons. The number of carbonyl (C=O) groups excluding carboxylic acids is 1. The molecule has 94 valence electrons. The summed E-state index contributed by atoms with van der Waals surface area (Å²) < 4.78 is 7.51. The average molecular weight is 311 g/mol. The van der Waals surface area contributed by atoms with Gasteiger partial charge in [-0.15, -0.1) is 0 Å². The molecule has 1 unspecified atom stereocenters. The predicted molar refractivity (Wildman–Crippen MR) is 68.6 cm³/mol. The van der Waals surface area contributed by atoms with E-state index in [2.05, 4.69) is 26.0 Å². The molecule has 1 amide bonds. The third-order valence-corrected chi connectivity index (χ3v) is 3.55. The molecule has 3 rings (SSSR count). The van der Waals surface area contributed by atoms with Gasteiger partial charge in [0.25, 0.3) is 0 Å². The maximum atomic E-state index is 11.7. The van der Waals surface area contributed by atoms with E-state index >= 15 is 0 Å². The molecule has 1 aliphatic rings. The summed E-state index contributed by atoms with van der Waals surface area (Å²) in [5, 5.41) is 4.12. The Balaban J connectivity index is 2.07. The normalized spacial score (nSPS) is 19.6. The van der Waals surface area contributed by atoms with Gasteiger partial charge in [-0.25, -0.2) is 14.3 Å². The monoisotopic (exact) mass is 310 g/mol. The Morgan fingerprint density at radius 1 is 1.61 bits per heavy atom. The Kier molecular flexibility index (Phi) is 2.70. The van der Waals surface area contributed by atoms with Crippen molar-refractivity contribution in [2.24, 2.45) is 0 Å². The number of aromatic nitrogens is 3. The van der Waals surface area contributed by atoms with E-state index in [-0.39, 0.29) is 12.1 Å². The molecule has 1 atom stereocenters. The average Bonchev–Trinajstić information content (AvgIpc) is 2.93. The molecule has 0 aliphatic carbocycles. The van der Waals surface area contributed by atoms with E-state index < -0.39 is 0 Å². The van der Waals surface area contributed by atoms with Crippen molar-refractivity contribution in [3.8, 4) is 0 Å². The Morgan fingerprint density at radius 2 is 2.44 bits per heavy atom. The minimum absolute atomic E-state index is 0.0501. The van der Waals surface area contributed by atoms with Crippen molar-refractivity contribution >= 4 is 33.5 Å². The summed E-state index contributed by atoms with van der Waals surface area (Å²) in [6.07, 6.45) is 3.94. The number of fused-ring (bicyclic) bond motifs is 1. The molecule has 0 N–H and O–H groups in total. The number of anilines is 1. The zero-order valence-electron chi connectivity index (χ0n) is 9.71. The van der Waals surface area contributed by atoms with Gasteiger partial charge in [0.05, 0.1) is 16.7 Å². The van der Waals surface area contributed by atoms with E-state index in [9.17, 15) is 4.79 Å². The Hall–Kier alpha value is -1.63. The fourth-order valence-electron chi connectivity index (χ4n) is 2.01. The number of carbonyl (C=O) groups is 1. The quantitative estimate of drug-likeness (QED) is 0.853. The molecule has 6 nitrogen and oxygen atoms in total. The third kappa shape index (κ3) is 1.66. The van der Waals surface area contributed by atoms with Gasteiger partial charge in [-0.2, -0.15) is 5.10 Å². The van der Waals surface area contributed by atoms with Gasteiger partial charge >= 0.3 is 6.09 Å². The summed E-state index contributed by atoms with van der Waals surface area (Å²) in [5.41, 5.74) is 0.682. The summed E-state index contributed by atoms with van der Waals surface area (Å²) >= 11 is 3.38. The second-order valence-corrected chi connectivity index (χ2v) is 4.91. The predicted octanol–water partition coefficient (Wildman–Crippen LogP) is 2.23. The molecule has 1 aliphatic heterocycles. The van der Waals surface area contributed by atoms with Gasteiger partial charge in [-0.1, -0.05) is 6.92 Å². The Morgan fingerprint density at radius 3 is 3.22 bits per heavy atom. The van der Waals surface area contributed by atoms with Gasteiger partial charge in [-0.3, -0.25) is 4.90 Å². The Labute approximate surface area is 112 Å². The minimum atomic E-state index is -0.339. The van der Waals surface area contributed by atoms with Crippen LogP contribution in [-0.4, -0.2) is 33.3 Å². The van der Waals surface area contributed by atoms with Gasteiger partial charge in [0.15, 0.2) is 5.65 Å². The molecule has 1 saturated heterocycles. The summed E-state index contributed by atoms with van der Waals surface area (Å²) in [6, 6.07) is 1.82. The van der Waals surface area contributed by atoms with Crippen molar-refractivity contribution in [2.45, 2.75) is 19.4 Å². The summed E-state index contributed by atoms with van der Waals surface area (Å²) in [4.78, 5) is 17.8. The van der Waals surface area contributed by atoms with Crippen molar-refractivity contribution in [1.82, 2.24) is 14.6 Å². The van der Waals surface area contributed by atoms with Crippen LogP contribution in [-0.2, 0) is 4.74 Å². The number of halogens is 1. The molecule has 7 heteroatoms. The molecule has 0 spiro atoms. The van der Waals surface area contributed by atoms with Crippen LogP contribution in [0.5, 0.6) is 0 Å². The van der Waals surface area contributed by atoms with E-state index in [0.29, 0.717) is 18.1 Å². The first-order valence-electron chi connectivity index (χ1n) is 5.66. The van der Waals surface area contributed by atoms with E-state index in [4.69, 9.17) is 4.74 Å². The van der Waals surface area contributed by atoms with Gasteiger partial charge in [-0.05, 0) is 28.4 Å².